The molecule has 1 fully saturated rings. The molecule has 2 heterocycles. The molecule has 1 N–H and O–H groups in total. The van der Waals surface area contributed by atoms with Crippen LogP contribution in [-0.4, -0.2) is 29.8 Å². The Hall–Kier alpha value is -1.98. The van der Waals surface area contributed by atoms with Crippen LogP contribution in [0.2, 0.25) is 10.0 Å². The number of hydrogen-bond donors (Lipinski definition) is 1. The zero-order chi connectivity index (χ0) is 17.1. The Morgan fingerprint density at radius 1 is 1.21 bits per heavy atom. The third-order valence-corrected chi connectivity index (χ3v) is 4.77. The van der Waals surface area contributed by atoms with Crippen LogP contribution in [0.25, 0.3) is 0 Å². The van der Waals surface area contributed by atoms with E-state index in [0.29, 0.717) is 34.4 Å². The van der Waals surface area contributed by atoms with Gasteiger partial charge in [0, 0.05) is 18.8 Å². The number of rotatable bonds is 3. The molecule has 7 heteroatoms. The summed E-state index contributed by atoms with van der Waals surface area (Å²) >= 11 is 11.8. The van der Waals surface area contributed by atoms with E-state index >= 15 is 0 Å². The van der Waals surface area contributed by atoms with Gasteiger partial charge < -0.3 is 14.6 Å². The minimum Gasteiger partial charge on any atom is -0.472 e. The third kappa shape index (κ3) is 3.74. The molecule has 0 bridgehead atoms. The molecule has 1 saturated heterocycles. The summed E-state index contributed by atoms with van der Waals surface area (Å²) < 4.78 is 4.95. The van der Waals surface area contributed by atoms with E-state index in [1.54, 1.807) is 29.2 Å². The average molecular weight is 367 g/mol. The number of piperidine rings is 1. The summed E-state index contributed by atoms with van der Waals surface area (Å²) in [6, 6.07) is 6.57. The molecular weight excluding hydrogens is 351 g/mol. The number of furan rings is 1. The van der Waals surface area contributed by atoms with Gasteiger partial charge in [0.05, 0.1) is 27.8 Å². The summed E-state index contributed by atoms with van der Waals surface area (Å²) in [5.74, 6) is -0.502. The van der Waals surface area contributed by atoms with Crippen LogP contribution in [0.3, 0.4) is 0 Å². The number of benzene rings is 1. The van der Waals surface area contributed by atoms with Crippen molar-refractivity contribution >= 4 is 40.7 Å². The molecule has 1 aromatic heterocycles. The van der Waals surface area contributed by atoms with Crippen molar-refractivity contribution in [2.75, 3.05) is 18.4 Å². The van der Waals surface area contributed by atoms with Crippen LogP contribution in [0.15, 0.2) is 41.2 Å². The van der Waals surface area contributed by atoms with Crippen molar-refractivity contribution < 1.29 is 14.0 Å². The van der Waals surface area contributed by atoms with Crippen molar-refractivity contribution in [2.24, 2.45) is 5.92 Å². The molecule has 5 nitrogen and oxygen atoms in total. The van der Waals surface area contributed by atoms with Gasteiger partial charge in [0.15, 0.2) is 0 Å². The minimum absolute atomic E-state index is 0.115. The summed E-state index contributed by atoms with van der Waals surface area (Å²) in [4.78, 5) is 26.5. The maximum atomic E-state index is 12.5. The Morgan fingerprint density at radius 2 is 2.04 bits per heavy atom. The van der Waals surface area contributed by atoms with Gasteiger partial charge in [0.2, 0.25) is 5.91 Å². The smallest absolute Gasteiger partial charge is 0.257 e. The molecule has 126 valence electrons. The largest absolute Gasteiger partial charge is 0.472 e. The van der Waals surface area contributed by atoms with Gasteiger partial charge in [-0.1, -0.05) is 23.2 Å². The summed E-state index contributed by atoms with van der Waals surface area (Å²) in [6.45, 7) is 1.03. The van der Waals surface area contributed by atoms with E-state index in [-0.39, 0.29) is 17.7 Å². The number of anilines is 1. The van der Waals surface area contributed by atoms with Crippen LogP contribution >= 0.6 is 23.2 Å². The van der Waals surface area contributed by atoms with Crippen molar-refractivity contribution in [3.05, 3.63) is 52.4 Å². The molecular formula is C17H16Cl2N2O3. The standard InChI is InChI=1S/C17H16Cl2N2O3/c18-14-4-3-13(8-15(14)19)20-16(22)11-2-1-6-21(9-11)17(23)12-5-7-24-10-12/h3-5,7-8,10-11H,1-2,6,9H2,(H,20,22). The minimum atomic E-state index is -0.260. The van der Waals surface area contributed by atoms with Crippen LogP contribution < -0.4 is 5.32 Å². The Kier molecular flexibility index (Phi) is 5.11. The maximum Gasteiger partial charge on any atom is 0.257 e. The number of carbonyl (C=O) groups is 2. The Balaban J connectivity index is 1.64. The van der Waals surface area contributed by atoms with Gasteiger partial charge in [-0.3, -0.25) is 9.59 Å². The molecule has 1 aromatic carbocycles. The fraction of sp³-hybridized carbons (Fsp3) is 0.294. The van der Waals surface area contributed by atoms with E-state index in [1.165, 1.54) is 12.5 Å². The van der Waals surface area contributed by atoms with Crippen molar-refractivity contribution in [1.82, 2.24) is 4.90 Å². The van der Waals surface area contributed by atoms with Crippen LogP contribution in [0, 0.1) is 5.92 Å². The molecule has 1 aliphatic heterocycles. The second kappa shape index (κ2) is 7.28. The summed E-state index contributed by atoms with van der Waals surface area (Å²) in [5, 5.41) is 3.65. The van der Waals surface area contributed by atoms with Gasteiger partial charge in [-0.2, -0.15) is 0 Å². The zero-order valence-corrected chi connectivity index (χ0v) is 14.3. The van der Waals surface area contributed by atoms with E-state index in [0.717, 1.165) is 12.8 Å². The number of likely N-dealkylation sites (tertiary alicyclic amines) is 1. The zero-order valence-electron chi connectivity index (χ0n) is 12.8. The lowest BCUT2D eigenvalue weighted by Gasteiger charge is -2.31. The summed E-state index contributed by atoms with van der Waals surface area (Å²) in [5.41, 5.74) is 1.09. The molecule has 3 rings (SSSR count). The summed E-state index contributed by atoms with van der Waals surface area (Å²) in [6.07, 6.45) is 4.40. The normalized spacial score (nSPS) is 17.6. The highest BCUT2D eigenvalue weighted by molar-refractivity contribution is 6.42. The number of halogens is 2. The first-order valence-electron chi connectivity index (χ1n) is 7.62. The van der Waals surface area contributed by atoms with Crippen molar-refractivity contribution in [2.45, 2.75) is 12.8 Å². The molecule has 1 aliphatic rings. The topological polar surface area (TPSA) is 62.6 Å². The molecule has 1 unspecified atom stereocenters. The number of hydrogen-bond acceptors (Lipinski definition) is 3. The average Bonchev–Trinajstić information content (AvgIpc) is 3.12. The number of carbonyl (C=O) groups excluding carboxylic acids is 2. The predicted molar refractivity (Wildman–Crippen MR) is 92.4 cm³/mol. The number of nitrogens with one attached hydrogen (secondary N) is 1. The van der Waals surface area contributed by atoms with E-state index in [1.807, 2.05) is 0 Å². The molecule has 0 saturated carbocycles. The highest BCUT2D eigenvalue weighted by Gasteiger charge is 2.29. The first-order valence-corrected chi connectivity index (χ1v) is 8.37. The Morgan fingerprint density at radius 3 is 2.75 bits per heavy atom. The summed E-state index contributed by atoms with van der Waals surface area (Å²) in [7, 11) is 0. The lowest BCUT2D eigenvalue weighted by atomic mass is 9.96. The van der Waals surface area contributed by atoms with E-state index in [9.17, 15) is 9.59 Å². The molecule has 2 aromatic rings. The molecule has 0 aliphatic carbocycles. The number of amides is 2. The second-order valence-electron chi connectivity index (χ2n) is 5.72. The van der Waals surface area contributed by atoms with Gasteiger partial charge in [0.1, 0.15) is 6.26 Å². The van der Waals surface area contributed by atoms with Crippen LogP contribution in [0.1, 0.15) is 23.2 Å². The molecule has 0 spiro atoms. The van der Waals surface area contributed by atoms with Crippen molar-refractivity contribution in [1.29, 1.82) is 0 Å². The van der Waals surface area contributed by atoms with Crippen LogP contribution in [-0.2, 0) is 4.79 Å². The third-order valence-electron chi connectivity index (χ3n) is 4.03. The quantitative estimate of drug-likeness (QED) is 0.889. The maximum absolute atomic E-state index is 12.5. The van der Waals surface area contributed by atoms with Gasteiger partial charge in [0.25, 0.3) is 5.91 Å². The highest BCUT2D eigenvalue weighted by Crippen LogP contribution is 2.26. The van der Waals surface area contributed by atoms with Gasteiger partial charge in [-0.15, -0.1) is 0 Å². The van der Waals surface area contributed by atoms with Crippen LogP contribution in [0.5, 0.6) is 0 Å². The lowest BCUT2D eigenvalue weighted by Crippen LogP contribution is -2.43. The molecule has 1 atom stereocenters. The van der Waals surface area contributed by atoms with Crippen molar-refractivity contribution in [3.63, 3.8) is 0 Å². The predicted octanol–water partition coefficient (Wildman–Crippen LogP) is 4.08. The van der Waals surface area contributed by atoms with Gasteiger partial charge >= 0.3 is 0 Å². The van der Waals surface area contributed by atoms with E-state index < -0.39 is 0 Å². The van der Waals surface area contributed by atoms with E-state index in [2.05, 4.69) is 5.32 Å². The highest BCUT2D eigenvalue weighted by atomic mass is 35.5. The van der Waals surface area contributed by atoms with Crippen LogP contribution in [0.4, 0.5) is 5.69 Å². The Bertz CT molecular complexity index is 746. The lowest BCUT2D eigenvalue weighted by molar-refractivity contribution is -0.121. The van der Waals surface area contributed by atoms with Gasteiger partial charge in [-0.05, 0) is 37.1 Å². The molecule has 0 radical (unpaired) electrons. The van der Waals surface area contributed by atoms with Gasteiger partial charge in [-0.25, -0.2) is 0 Å². The van der Waals surface area contributed by atoms with Crippen molar-refractivity contribution in [3.8, 4) is 0 Å². The molecule has 2 amide bonds. The first-order chi connectivity index (χ1) is 11.5. The van der Waals surface area contributed by atoms with E-state index in [4.69, 9.17) is 27.6 Å². The second-order valence-corrected chi connectivity index (χ2v) is 6.53. The fourth-order valence-corrected chi connectivity index (χ4v) is 3.06. The SMILES string of the molecule is O=C(Nc1ccc(Cl)c(Cl)c1)C1CCCN(C(=O)c2ccoc2)C1. The fourth-order valence-electron chi connectivity index (χ4n) is 2.76. The number of nitrogens with zero attached hydrogens (tertiary/aromatic N) is 1. The monoisotopic (exact) mass is 366 g/mol. The Labute approximate surface area is 149 Å². The first kappa shape index (κ1) is 16.9. The molecule has 24 heavy (non-hydrogen) atoms.